The van der Waals surface area contributed by atoms with Crippen LogP contribution in [0.5, 0.6) is 0 Å². The summed E-state index contributed by atoms with van der Waals surface area (Å²) in [5.41, 5.74) is 1.40. The molecule has 0 fully saturated rings. The molecule has 2 nitrogen and oxygen atoms in total. The molecule has 2 aromatic rings. The highest BCUT2D eigenvalue weighted by Crippen LogP contribution is 2.26. The number of benzene rings is 1. The number of unbranched alkanes of at least 4 members (excludes halogenated alkanes) is 26. The first-order chi connectivity index (χ1) is 22.3. The van der Waals surface area contributed by atoms with E-state index in [1.807, 2.05) is 0 Å². The fourth-order valence-corrected chi connectivity index (χ4v) is 7.23. The van der Waals surface area contributed by atoms with Gasteiger partial charge in [-0.25, -0.2) is 9.55 Å². The lowest BCUT2D eigenvalue weighted by molar-refractivity contribution is -0.695. The van der Waals surface area contributed by atoms with E-state index in [-0.39, 0.29) is 0 Å². The van der Waals surface area contributed by atoms with Crippen molar-refractivity contribution in [2.75, 3.05) is 0 Å². The number of nitrogens with zero attached hydrogens (tertiary/aromatic N) is 1. The molecule has 0 spiro atoms. The van der Waals surface area contributed by atoms with Crippen molar-refractivity contribution in [2.24, 2.45) is 0 Å². The Labute approximate surface area is 282 Å². The molecule has 2 heteroatoms. The van der Waals surface area contributed by atoms with E-state index in [0.29, 0.717) is 5.92 Å². The molecule has 0 radical (unpaired) electrons. The van der Waals surface area contributed by atoms with Crippen LogP contribution in [0.3, 0.4) is 0 Å². The molecule has 0 aliphatic rings. The first-order valence-electron chi connectivity index (χ1n) is 20.5. The second-order valence-corrected chi connectivity index (χ2v) is 14.4. The number of hydrogen-bond acceptors (Lipinski definition) is 0. The molecule has 0 unspecified atom stereocenters. The maximum Gasteiger partial charge on any atom is 0.257 e. The van der Waals surface area contributed by atoms with Crippen LogP contribution < -0.4 is 4.57 Å². The molecule has 258 valence electrons. The van der Waals surface area contributed by atoms with Gasteiger partial charge < -0.3 is 0 Å². The summed E-state index contributed by atoms with van der Waals surface area (Å²) in [6.45, 7) is 5.60. The van der Waals surface area contributed by atoms with Gasteiger partial charge in [0.1, 0.15) is 18.9 Å². The van der Waals surface area contributed by atoms with Crippen LogP contribution in [0.25, 0.3) is 0 Å². The molecule has 1 aromatic carbocycles. The lowest BCUT2D eigenvalue weighted by atomic mass is 9.93. The van der Waals surface area contributed by atoms with E-state index in [0.717, 1.165) is 6.54 Å². The van der Waals surface area contributed by atoms with Crippen molar-refractivity contribution < 1.29 is 4.57 Å². The maximum atomic E-state index is 3.69. The molecule has 1 heterocycles. The van der Waals surface area contributed by atoms with Crippen LogP contribution in [-0.4, -0.2) is 4.98 Å². The molecule has 1 aromatic heterocycles. The van der Waals surface area contributed by atoms with Crippen molar-refractivity contribution in [3.8, 4) is 0 Å². The SMILES string of the molecule is CCCCCCCCCCCCCCCCCCC[C@H](CCCCCCCCCCCCC)c1[nH]cc[n+]1Cc1ccccc1. The van der Waals surface area contributed by atoms with Crippen LogP contribution in [0.4, 0.5) is 0 Å². The Balaban J connectivity index is 1.59. The summed E-state index contributed by atoms with van der Waals surface area (Å²) in [6, 6.07) is 11.0. The standard InChI is InChI=1S/C43H76N2/c1-3-5-7-9-11-13-15-16-17-18-19-20-22-24-26-28-33-37-42(36-32-27-25-23-21-14-12-10-8-6-4-2)43-44-38-39-45(43)40-41-34-30-29-31-35-41/h29-31,34-35,38-39,42H,3-28,32-33,36-37,40H2,1-2H3/p+1/t42-/m0/s1. The van der Waals surface area contributed by atoms with Crippen molar-refractivity contribution in [1.82, 2.24) is 4.98 Å². The molecular weight excluding hydrogens is 544 g/mol. The molecule has 45 heavy (non-hydrogen) atoms. The number of hydrogen-bond donors (Lipinski definition) is 1. The zero-order chi connectivity index (χ0) is 31.9. The Morgan fingerprint density at radius 3 is 1.20 bits per heavy atom. The number of nitrogens with one attached hydrogen (secondary N) is 1. The Kier molecular flexibility index (Phi) is 26.2. The topological polar surface area (TPSA) is 19.7 Å². The first-order valence-corrected chi connectivity index (χ1v) is 20.5. The van der Waals surface area contributed by atoms with Crippen LogP contribution in [0.15, 0.2) is 42.7 Å². The minimum absolute atomic E-state index is 0.665. The quantitative estimate of drug-likeness (QED) is 0.0604. The van der Waals surface area contributed by atoms with E-state index in [1.54, 1.807) is 0 Å². The molecule has 0 aliphatic heterocycles. The molecule has 0 saturated heterocycles. The van der Waals surface area contributed by atoms with E-state index in [9.17, 15) is 0 Å². The van der Waals surface area contributed by atoms with Crippen molar-refractivity contribution in [1.29, 1.82) is 0 Å². The third kappa shape index (κ3) is 21.8. The first kappa shape index (κ1) is 39.6. The summed E-state index contributed by atoms with van der Waals surface area (Å²) in [4.78, 5) is 3.69. The molecular formula is C43H77N2+. The minimum Gasteiger partial charge on any atom is -0.247 e. The maximum absolute atomic E-state index is 3.69. The monoisotopic (exact) mass is 622 g/mol. The van der Waals surface area contributed by atoms with Crippen LogP contribution in [0.2, 0.25) is 0 Å². The molecule has 0 aliphatic carbocycles. The van der Waals surface area contributed by atoms with Crippen molar-refractivity contribution in [3.05, 3.63) is 54.1 Å². The fraction of sp³-hybridized carbons (Fsp3) is 0.791. The minimum atomic E-state index is 0.665. The summed E-state index contributed by atoms with van der Waals surface area (Å²) in [7, 11) is 0. The van der Waals surface area contributed by atoms with E-state index >= 15 is 0 Å². The Hall–Kier alpha value is -1.57. The van der Waals surface area contributed by atoms with Crippen LogP contribution in [0.1, 0.15) is 224 Å². The summed E-state index contributed by atoms with van der Waals surface area (Å²) in [5.74, 6) is 2.13. The fourth-order valence-electron chi connectivity index (χ4n) is 7.23. The summed E-state index contributed by atoms with van der Waals surface area (Å²) < 4.78 is 2.49. The highest BCUT2D eigenvalue weighted by molar-refractivity contribution is 5.13. The van der Waals surface area contributed by atoms with Gasteiger partial charge in [-0.05, 0) is 18.4 Å². The lowest BCUT2D eigenvalue weighted by Gasteiger charge is -2.14. The molecule has 0 saturated carbocycles. The van der Waals surface area contributed by atoms with Crippen molar-refractivity contribution in [3.63, 3.8) is 0 Å². The van der Waals surface area contributed by atoms with E-state index in [1.165, 1.54) is 204 Å². The Bertz CT molecular complexity index is 856. The predicted octanol–water partition coefficient (Wildman–Crippen LogP) is 14.2. The van der Waals surface area contributed by atoms with Crippen LogP contribution in [-0.2, 0) is 6.54 Å². The van der Waals surface area contributed by atoms with Crippen molar-refractivity contribution in [2.45, 2.75) is 219 Å². The van der Waals surface area contributed by atoms with Crippen molar-refractivity contribution >= 4 is 0 Å². The Morgan fingerprint density at radius 2 is 0.822 bits per heavy atom. The second-order valence-electron chi connectivity index (χ2n) is 14.4. The van der Waals surface area contributed by atoms with Gasteiger partial charge >= 0.3 is 0 Å². The summed E-state index contributed by atoms with van der Waals surface area (Å²) in [5, 5.41) is 0. The second kappa shape index (κ2) is 29.8. The molecule has 1 N–H and O–H groups in total. The number of H-pyrrole nitrogens is 1. The van der Waals surface area contributed by atoms with Gasteiger partial charge in [-0.15, -0.1) is 0 Å². The number of aromatic nitrogens is 2. The average molecular weight is 622 g/mol. The molecule has 1 atom stereocenters. The van der Waals surface area contributed by atoms with Crippen LogP contribution >= 0.6 is 0 Å². The van der Waals surface area contributed by atoms with Gasteiger partial charge in [0, 0.05) is 0 Å². The number of imidazole rings is 1. The smallest absolute Gasteiger partial charge is 0.247 e. The number of aromatic amines is 1. The normalized spacial score (nSPS) is 12.2. The highest BCUT2D eigenvalue weighted by Gasteiger charge is 2.22. The van der Waals surface area contributed by atoms with Gasteiger partial charge in [0.25, 0.3) is 5.82 Å². The third-order valence-electron chi connectivity index (χ3n) is 10.2. The Morgan fingerprint density at radius 1 is 0.467 bits per heavy atom. The van der Waals surface area contributed by atoms with Gasteiger partial charge in [0.05, 0.1) is 5.92 Å². The van der Waals surface area contributed by atoms with Gasteiger partial charge in [-0.1, -0.05) is 224 Å². The van der Waals surface area contributed by atoms with Gasteiger partial charge in [0.15, 0.2) is 0 Å². The molecule has 0 amide bonds. The van der Waals surface area contributed by atoms with E-state index in [2.05, 4.69) is 66.1 Å². The molecule has 2 rings (SSSR count). The summed E-state index contributed by atoms with van der Waals surface area (Å²) >= 11 is 0. The van der Waals surface area contributed by atoms with Crippen LogP contribution in [0, 0.1) is 0 Å². The van der Waals surface area contributed by atoms with E-state index in [4.69, 9.17) is 0 Å². The zero-order valence-corrected chi connectivity index (χ0v) is 30.5. The lowest BCUT2D eigenvalue weighted by Crippen LogP contribution is -2.38. The average Bonchev–Trinajstić information content (AvgIpc) is 3.52. The van der Waals surface area contributed by atoms with Gasteiger partial charge in [-0.2, -0.15) is 0 Å². The van der Waals surface area contributed by atoms with Gasteiger partial charge in [-0.3, -0.25) is 0 Å². The largest absolute Gasteiger partial charge is 0.257 e. The number of rotatable bonds is 33. The third-order valence-corrected chi connectivity index (χ3v) is 10.2. The zero-order valence-electron chi connectivity index (χ0n) is 30.5. The predicted molar refractivity (Wildman–Crippen MR) is 199 cm³/mol. The van der Waals surface area contributed by atoms with Gasteiger partial charge in [0.2, 0.25) is 0 Å². The summed E-state index contributed by atoms with van der Waals surface area (Å²) in [6.07, 6.45) is 47.4. The van der Waals surface area contributed by atoms with E-state index < -0.39 is 0 Å². The molecule has 0 bridgehead atoms. The highest BCUT2D eigenvalue weighted by atomic mass is 15.1.